The van der Waals surface area contributed by atoms with E-state index in [1.165, 1.54) is 167 Å². The number of allylic oxidation sites excluding steroid dienone is 12. The molecule has 0 amide bonds. The third-order valence-corrected chi connectivity index (χ3v) is 28.0. The highest BCUT2D eigenvalue weighted by molar-refractivity contribution is 5.43. The van der Waals surface area contributed by atoms with Crippen LogP contribution in [0, 0.1) is 0 Å². The molecule has 0 saturated carbocycles. The average Bonchev–Trinajstić information content (AvgIpc) is 0.826. The van der Waals surface area contributed by atoms with Crippen molar-refractivity contribution in [2.24, 2.45) is 0 Å². The zero-order valence-electron chi connectivity index (χ0n) is 85.8. The van der Waals surface area contributed by atoms with Gasteiger partial charge in [0.05, 0.1) is 0 Å². The summed E-state index contributed by atoms with van der Waals surface area (Å²) in [6.07, 6.45) is 36.2. The average molecular weight is 1820 g/mol. The molecule has 714 valence electrons. The van der Waals surface area contributed by atoms with Crippen LogP contribution in [0.3, 0.4) is 0 Å². The molecule has 138 heavy (non-hydrogen) atoms. The van der Waals surface area contributed by atoms with Gasteiger partial charge in [0, 0.05) is 0 Å². The first kappa shape index (κ1) is 108. The maximum absolute atomic E-state index is 4.23. The minimum atomic E-state index is 0.419. The Balaban J connectivity index is 0.000000214. The van der Waals surface area contributed by atoms with E-state index in [0.29, 0.717) is 53.3 Å². The molecule has 0 heterocycles. The lowest BCUT2D eigenvalue weighted by molar-refractivity contribution is 0.457. The van der Waals surface area contributed by atoms with Crippen LogP contribution in [-0.2, 0) is 96.3 Å². The second-order valence-electron chi connectivity index (χ2n) is 40.5. The van der Waals surface area contributed by atoms with E-state index in [9.17, 15) is 0 Å². The van der Waals surface area contributed by atoms with Crippen molar-refractivity contribution in [3.05, 3.63) is 574 Å². The van der Waals surface area contributed by atoms with Crippen LogP contribution < -0.4 is 0 Å². The molecule has 0 radical (unpaired) electrons. The second-order valence-corrected chi connectivity index (χ2v) is 40.5. The molecule has 12 aromatic carbocycles. The quantitative estimate of drug-likeness (QED) is 0.0333. The smallest absolute Gasteiger partial charge is 0.00697 e. The third kappa shape index (κ3) is 34.9. The molecule has 0 aliphatic carbocycles. The van der Waals surface area contributed by atoms with E-state index >= 15 is 0 Å². The van der Waals surface area contributed by atoms with Gasteiger partial charge in [0.25, 0.3) is 0 Å². The number of benzene rings is 12. The molecule has 0 nitrogen and oxygen atoms in total. The Labute approximate surface area is 837 Å². The van der Waals surface area contributed by atoms with Crippen LogP contribution in [-0.4, -0.2) is 0 Å². The standard InChI is InChI=1S/C48H58.C46H54.C44H50/c1-34(2)28-39-18-22-42(23-19-39)45(27-26-41-14-10-11-15-44(41)30-36(5)6)33-47(43-24-20-40(21-25-43)29-35(3)4)32-38(9)48-17-13-12-16-46(48)31-37(7)8;1-8-14-37-20-24-42(25-21-37)45(32-36(7)46-19-13-12-18-44(46)31-35(5)6)33-43(41-26-22-38(23-27-41)30-34(3)4)29-28-40-17-11-10-16-39(40)15-9-2;1-6-14-35-22-26-39(27-23-35)42(31-30-38-19-11-10-18-37(38)16-8-3)33-43(40-28-24-36(15-7-2)25-29-40)32-34(5)44-21-13-12-20-41(44)17-9-4/h10-25,38,45,47H,1,3,5,7,26-33H2,2,4,6,8-9H3;8-13,16-27,36,43,45H,1-3,5,14-15,28-33H2,4,6-7H3;6-13,18-29,34,42-43H,1-4,14-17,30-33H2,5H3. The number of hydrogen-bond donors (Lipinski definition) is 0. The Morgan fingerprint density at radius 3 is 0.652 bits per heavy atom. The molecule has 0 N–H and O–H groups in total. The van der Waals surface area contributed by atoms with E-state index in [4.69, 9.17) is 0 Å². The molecule has 12 aromatic rings. The molecule has 12 rings (SSSR count). The zero-order valence-corrected chi connectivity index (χ0v) is 85.8. The Morgan fingerprint density at radius 2 is 0.391 bits per heavy atom. The van der Waals surface area contributed by atoms with Gasteiger partial charge in [-0.2, -0.15) is 0 Å². The molecule has 0 aromatic heterocycles. The summed E-state index contributed by atoms with van der Waals surface area (Å²) in [4.78, 5) is 0. The fourth-order valence-corrected chi connectivity index (χ4v) is 21.1. The maximum Gasteiger partial charge on any atom is -0.00697 e. The van der Waals surface area contributed by atoms with Crippen molar-refractivity contribution < 1.29 is 0 Å². The first-order chi connectivity index (χ1) is 66.8. The summed E-state index contributed by atoms with van der Waals surface area (Å²) in [6.45, 7) is 69.0. The largest absolute Gasteiger partial charge is 0.103 e. The van der Waals surface area contributed by atoms with Gasteiger partial charge >= 0.3 is 0 Å². The molecule has 9 unspecified atom stereocenters. The Kier molecular flexibility index (Phi) is 44.4. The normalized spacial score (nSPS) is 13.0. The summed E-state index contributed by atoms with van der Waals surface area (Å²) in [5.74, 6) is 3.88. The third-order valence-electron chi connectivity index (χ3n) is 28.0. The summed E-state index contributed by atoms with van der Waals surface area (Å²) in [5.41, 5.74) is 40.9. The van der Waals surface area contributed by atoms with Crippen LogP contribution >= 0.6 is 0 Å². The van der Waals surface area contributed by atoms with E-state index in [2.05, 4.69) is 432 Å². The first-order valence-electron chi connectivity index (χ1n) is 51.3. The number of aryl methyl sites for hydroxylation is 3. The van der Waals surface area contributed by atoms with Gasteiger partial charge in [-0.1, -0.05) is 421 Å². The van der Waals surface area contributed by atoms with Gasteiger partial charge in [-0.05, 0) is 382 Å². The molecular weight excluding hydrogens is 1660 g/mol. The number of rotatable bonds is 54. The predicted molar refractivity (Wildman–Crippen MR) is 606 cm³/mol. The highest BCUT2D eigenvalue weighted by Gasteiger charge is 2.29. The summed E-state index contributed by atoms with van der Waals surface area (Å²) >= 11 is 0. The van der Waals surface area contributed by atoms with Crippen LogP contribution in [0.15, 0.2) is 440 Å². The first-order valence-corrected chi connectivity index (χ1v) is 51.3. The van der Waals surface area contributed by atoms with Crippen molar-refractivity contribution >= 4 is 0 Å². The van der Waals surface area contributed by atoms with E-state index in [1.807, 2.05) is 36.5 Å². The lowest BCUT2D eigenvalue weighted by atomic mass is 9.76. The van der Waals surface area contributed by atoms with Crippen molar-refractivity contribution in [2.45, 2.75) is 270 Å². The summed E-state index contributed by atoms with van der Waals surface area (Å²) in [7, 11) is 0. The molecule has 0 heteroatoms. The fourth-order valence-electron chi connectivity index (χ4n) is 21.1. The predicted octanol–water partition coefficient (Wildman–Crippen LogP) is 37.4. The molecule has 9 atom stereocenters. The Morgan fingerprint density at radius 1 is 0.196 bits per heavy atom. The summed E-state index contributed by atoms with van der Waals surface area (Å²) in [5, 5.41) is 0. The van der Waals surface area contributed by atoms with E-state index < -0.39 is 0 Å². The monoisotopic (exact) mass is 1820 g/mol. The van der Waals surface area contributed by atoms with E-state index in [0.717, 1.165) is 154 Å². The minimum absolute atomic E-state index is 0.419. The van der Waals surface area contributed by atoms with Crippen LogP contribution in [0.4, 0.5) is 0 Å². The highest BCUT2D eigenvalue weighted by Crippen LogP contribution is 2.45. The lowest BCUT2D eigenvalue weighted by Gasteiger charge is -2.28. The van der Waals surface area contributed by atoms with Gasteiger partial charge in [0.1, 0.15) is 0 Å². The minimum Gasteiger partial charge on any atom is -0.103 e. The van der Waals surface area contributed by atoms with Crippen molar-refractivity contribution in [2.75, 3.05) is 0 Å². The van der Waals surface area contributed by atoms with Gasteiger partial charge < -0.3 is 0 Å². The van der Waals surface area contributed by atoms with E-state index in [1.54, 1.807) is 0 Å². The summed E-state index contributed by atoms with van der Waals surface area (Å²) < 4.78 is 0. The molecule has 0 saturated heterocycles. The summed E-state index contributed by atoms with van der Waals surface area (Å²) in [6, 6.07) is 110. The molecular formula is C138H162. The van der Waals surface area contributed by atoms with Gasteiger partial charge in [-0.25, -0.2) is 0 Å². The molecule has 0 spiro atoms. The van der Waals surface area contributed by atoms with Gasteiger partial charge in [0.15, 0.2) is 0 Å². The van der Waals surface area contributed by atoms with Crippen LogP contribution in [0.1, 0.15) is 307 Å². The zero-order chi connectivity index (χ0) is 98.7. The molecule has 0 bridgehead atoms. The van der Waals surface area contributed by atoms with Gasteiger partial charge in [-0.3, -0.25) is 0 Å². The fraction of sp³-hybridized carbons (Fsp3) is 0.304. The van der Waals surface area contributed by atoms with Crippen molar-refractivity contribution in [1.82, 2.24) is 0 Å². The van der Waals surface area contributed by atoms with Crippen molar-refractivity contribution in [3.63, 3.8) is 0 Å². The van der Waals surface area contributed by atoms with Crippen molar-refractivity contribution in [3.8, 4) is 0 Å². The molecule has 0 fully saturated rings. The van der Waals surface area contributed by atoms with Gasteiger partial charge in [-0.15, -0.1) is 39.5 Å². The van der Waals surface area contributed by atoms with Crippen LogP contribution in [0.25, 0.3) is 0 Å². The van der Waals surface area contributed by atoms with Crippen molar-refractivity contribution in [1.29, 1.82) is 0 Å². The van der Waals surface area contributed by atoms with E-state index in [-0.39, 0.29) is 0 Å². The maximum atomic E-state index is 4.23. The lowest BCUT2D eigenvalue weighted by Crippen LogP contribution is -2.12. The molecule has 0 aliphatic rings. The van der Waals surface area contributed by atoms with Crippen LogP contribution in [0.2, 0.25) is 0 Å². The SMILES string of the molecule is C=C(C)Cc1ccc(C(CCc2ccccc2CC(=C)C)CC(CC(C)c2ccccc2CC(=C)C)c2ccc(CC(=C)C)cc2)cc1.C=CCc1ccc(C(CC(C)c2ccccc2CC(=C)C)CC(CCc2ccccc2CC=C)c2ccc(CC(=C)C)cc2)cc1.C=CCc1ccc(C(CCc2ccccc2CC=C)CC(CC(C)c2ccccc2CC=C)c2ccc(CC=C)cc2)cc1. The Bertz CT molecular complexity index is 5900. The second kappa shape index (κ2) is 57.0. The highest BCUT2D eigenvalue weighted by atomic mass is 14.3. The number of hydrogen-bond acceptors (Lipinski definition) is 0. The molecule has 0 aliphatic heterocycles. The topological polar surface area (TPSA) is 0 Å². The van der Waals surface area contributed by atoms with Gasteiger partial charge in [0.2, 0.25) is 0 Å². The Hall–Kier alpha value is -12.5. The van der Waals surface area contributed by atoms with Crippen LogP contribution in [0.5, 0.6) is 0 Å².